The van der Waals surface area contributed by atoms with Gasteiger partial charge >= 0.3 is 0 Å². The highest BCUT2D eigenvalue weighted by Gasteiger charge is 2.29. The van der Waals surface area contributed by atoms with E-state index in [0.717, 1.165) is 23.5 Å². The van der Waals surface area contributed by atoms with Gasteiger partial charge in [0.15, 0.2) is 6.10 Å². The lowest BCUT2D eigenvalue weighted by atomic mass is 9.99. The van der Waals surface area contributed by atoms with Gasteiger partial charge in [0.25, 0.3) is 11.7 Å². The fraction of sp³-hybridized carbons (Fsp3) is 0.158. The van der Waals surface area contributed by atoms with E-state index in [4.69, 9.17) is 13.9 Å². The van der Waals surface area contributed by atoms with E-state index in [9.17, 15) is 4.79 Å². The minimum absolute atomic E-state index is 0.0903. The largest absolute Gasteiger partial charge is 0.482 e. The van der Waals surface area contributed by atoms with Gasteiger partial charge in [0, 0.05) is 0 Å². The normalized spacial score (nSPS) is 16.1. The topological polar surface area (TPSA) is 61.6 Å². The van der Waals surface area contributed by atoms with Crippen LogP contribution in [0.3, 0.4) is 0 Å². The Hall–Kier alpha value is -3.08. The third-order valence-electron chi connectivity index (χ3n) is 3.89. The van der Waals surface area contributed by atoms with Crippen molar-refractivity contribution in [1.29, 1.82) is 0 Å². The first-order valence-electron chi connectivity index (χ1n) is 7.76. The van der Waals surface area contributed by atoms with Gasteiger partial charge in [-0.25, -0.2) is 4.98 Å². The molecule has 0 amide bonds. The fourth-order valence-corrected chi connectivity index (χ4v) is 2.72. The highest BCUT2D eigenvalue weighted by molar-refractivity contribution is 5.95. The summed E-state index contributed by atoms with van der Waals surface area (Å²) in [4.78, 5) is 16.2. The number of benzene rings is 2. The monoisotopic (exact) mass is 321 g/mol. The molecule has 5 heteroatoms. The Kier molecular flexibility index (Phi) is 3.75. The number of rotatable bonds is 4. The molecule has 0 spiro atoms. The maximum absolute atomic E-state index is 12.3. The lowest BCUT2D eigenvalue weighted by molar-refractivity contribution is 0.0719. The Morgan fingerprint density at radius 3 is 2.79 bits per heavy atom. The molecule has 0 radical (unpaired) electrons. The molecule has 0 N–H and O–H groups in total. The third kappa shape index (κ3) is 2.88. The summed E-state index contributed by atoms with van der Waals surface area (Å²) in [6, 6.07) is 15.2. The van der Waals surface area contributed by atoms with E-state index >= 15 is 0 Å². The number of nitrogens with zero attached hydrogens (tertiary/aromatic N) is 1. The van der Waals surface area contributed by atoms with Crippen molar-refractivity contribution in [3.63, 3.8) is 0 Å². The molecule has 1 aliphatic heterocycles. The molecular weight excluding hydrogens is 306 g/mol. The molecule has 1 aliphatic rings. The highest BCUT2D eigenvalue weighted by atomic mass is 16.5. The fourth-order valence-electron chi connectivity index (χ4n) is 2.72. The van der Waals surface area contributed by atoms with E-state index in [0.29, 0.717) is 12.2 Å². The van der Waals surface area contributed by atoms with Crippen LogP contribution in [0.5, 0.6) is 17.2 Å². The molecule has 0 aliphatic carbocycles. The zero-order chi connectivity index (χ0) is 16.4. The van der Waals surface area contributed by atoms with Crippen LogP contribution in [0.25, 0.3) is 0 Å². The smallest absolute Gasteiger partial charge is 0.267 e. The molecule has 0 saturated heterocycles. The number of ketones is 1. The van der Waals surface area contributed by atoms with Gasteiger partial charge in [-0.1, -0.05) is 18.2 Å². The van der Waals surface area contributed by atoms with E-state index in [2.05, 4.69) is 4.98 Å². The Labute approximate surface area is 138 Å². The van der Waals surface area contributed by atoms with Gasteiger partial charge in [-0.15, -0.1) is 0 Å². The minimum Gasteiger partial charge on any atom is -0.482 e. The number of oxazole rings is 1. The van der Waals surface area contributed by atoms with Crippen LogP contribution in [0, 0.1) is 0 Å². The van der Waals surface area contributed by atoms with Crippen LogP contribution in [0.2, 0.25) is 0 Å². The van der Waals surface area contributed by atoms with Crippen LogP contribution in [-0.4, -0.2) is 16.9 Å². The SMILES string of the molecule is O=C(c1ncco1)C1CCc2cc(Oc3ccccc3)ccc2O1. The Balaban J connectivity index is 1.50. The zero-order valence-corrected chi connectivity index (χ0v) is 12.8. The molecule has 4 rings (SSSR count). The summed E-state index contributed by atoms with van der Waals surface area (Å²) in [7, 11) is 0. The van der Waals surface area contributed by atoms with E-state index in [1.807, 2.05) is 48.5 Å². The van der Waals surface area contributed by atoms with Gasteiger partial charge in [0.05, 0.1) is 6.20 Å². The van der Waals surface area contributed by atoms with Gasteiger partial charge < -0.3 is 13.9 Å². The number of hydrogen-bond acceptors (Lipinski definition) is 5. The van der Waals surface area contributed by atoms with Gasteiger partial charge in [0.2, 0.25) is 0 Å². The molecule has 0 saturated carbocycles. The zero-order valence-electron chi connectivity index (χ0n) is 12.8. The maximum atomic E-state index is 12.3. The van der Waals surface area contributed by atoms with E-state index in [-0.39, 0.29) is 11.7 Å². The summed E-state index contributed by atoms with van der Waals surface area (Å²) in [5.74, 6) is 2.10. The van der Waals surface area contributed by atoms with Crippen molar-refractivity contribution >= 4 is 5.78 Å². The third-order valence-corrected chi connectivity index (χ3v) is 3.89. The number of aryl methyl sites for hydroxylation is 1. The Bertz CT molecular complexity index is 843. The summed E-state index contributed by atoms with van der Waals surface area (Å²) in [5.41, 5.74) is 1.03. The molecule has 3 aromatic rings. The molecule has 24 heavy (non-hydrogen) atoms. The second kappa shape index (κ2) is 6.20. The first-order valence-corrected chi connectivity index (χ1v) is 7.76. The Morgan fingerprint density at radius 1 is 1.12 bits per heavy atom. The van der Waals surface area contributed by atoms with Gasteiger partial charge in [0.1, 0.15) is 23.5 Å². The van der Waals surface area contributed by atoms with Gasteiger partial charge in [-0.05, 0) is 48.7 Å². The minimum atomic E-state index is -0.558. The molecule has 0 fully saturated rings. The summed E-state index contributed by atoms with van der Waals surface area (Å²) in [5, 5.41) is 0. The number of aromatic nitrogens is 1. The van der Waals surface area contributed by atoms with Crippen molar-refractivity contribution in [3.05, 3.63) is 72.4 Å². The van der Waals surface area contributed by atoms with Crippen LogP contribution in [-0.2, 0) is 6.42 Å². The number of hydrogen-bond donors (Lipinski definition) is 0. The lowest BCUT2D eigenvalue weighted by Gasteiger charge is -2.24. The van der Waals surface area contributed by atoms with Gasteiger partial charge in [-0.2, -0.15) is 0 Å². The predicted octanol–water partition coefficient (Wildman–Crippen LogP) is 4.04. The maximum Gasteiger partial charge on any atom is 0.267 e. The molecule has 2 aromatic carbocycles. The summed E-state index contributed by atoms with van der Waals surface area (Å²) in [6.07, 6.45) is 3.60. The number of ether oxygens (including phenoxy) is 2. The quantitative estimate of drug-likeness (QED) is 0.679. The average Bonchev–Trinajstić information content (AvgIpc) is 3.16. The van der Waals surface area contributed by atoms with Crippen molar-refractivity contribution in [1.82, 2.24) is 4.98 Å². The summed E-state index contributed by atoms with van der Waals surface area (Å²) < 4.78 is 16.7. The highest BCUT2D eigenvalue weighted by Crippen LogP contribution is 2.33. The van der Waals surface area contributed by atoms with Crippen LogP contribution in [0.15, 0.2) is 65.4 Å². The van der Waals surface area contributed by atoms with Crippen molar-refractivity contribution in [2.24, 2.45) is 0 Å². The first-order chi connectivity index (χ1) is 11.8. The van der Waals surface area contributed by atoms with Crippen molar-refractivity contribution in [2.75, 3.05) is 0 Å². The molecular formula is C19H15NO4. The molecule has 1 aromatic heterocycles. The van der Waals surface area contributed by atoms with E-state index < -0.39 is 6.10 Å². The number of Topliss-reactive ketones (excluding diaryl/α,β-unsaturated/α-hetero) is 1. The molecule has 120 valence electrons. The van der Waals surface area contributed by atoms with Crippen molar-refractivity contribution in [3.8, 4) is 17.2 Å². The van der Waals surface area contributed by atoms with Crippen LogP contribution >= 0.6 is 0 Å². The molecule has 1 unspecified atom stereocenters. The predicted molar refractivity (Wildman–Crippen MR) is 86.5 cm³/mol. The molecule has 5 nitrogen and oxygen atoms in total. The summed E-state index contributed by atoms with van der Waals surface area (Å²) >= 11 is 0. The average molecular weight is 321 g/mol. The number of para-hydroxylation sites is 1. The standard InChI is InChI=1S/C19H15NO4/c21-18(19-20-10-11-22-19)17-8-6-13-12-15(7-9-16(13)24-17)23-14-4-2-1-3-5-14/h1-5,7,9-12,17H,6,8H2. The molecule has 2 heterocycles. The van der Waals surface area contributed by atoms with Gasteiger partial charge in [-0.3, -0.25) is 4.79 Å². The van der Waals surface area contributed by atoms with Crippen LogP contribution in [0.1, 0.15) is 22.7 Å². The number of carbonyl (C=O) groups excluding carboxylic acids is 1. The molecule has 1 atom stereocenters. The second-order valence-corrected chi connectivity index (χ2v) is 5.53. The molecule has 0 bridgehead atoms. The van der Waals surface area contributed by atoms with E-state index in [1.165, 1.54) is 12.5 Å². The number of carbonyl (C=O) groups is 1. The van der Waals surface area contributed by atoms with Crippen molar-refractivity contribution in [2.45, 2.75) is 18.9 Å². The van der Waals surface area contributed by atoms with Crippen LogP contribution in [0.4, 0.5) is 0 Å². The lowest BCUT2D eigenvalue weighted by Crippen LogP contribution is -2.31. The Morgan fingerprint density at radius 2 is 2.00 bits per heavy atom. The van der Waals surface area contributed by atoms with Crippen LogP contribution < -0.4 is 9.47 Å². The number of fused-ring (bicyclic) bond motifs is 1. The van der Waals surface area contributed by atoms with Crippen molar-refractivity contribution < 1.29 is 18.7 Å². The van der Waals surface area contributed by atoms with E-state index in [1.54, 1.807) is 0 Å². The first kappa shape index (κ1) is 14.5. The second-order valence-electron chi connectivity index (χ2n) is 5.53. The summed E-state index contributed by atoms with van der Waals surface area (Å²) in [6.45, 7) is 0.